The highest BCUT2D eigenvalue weighted by molar-refractivity contribution is 5.85. The van der Waals surface area contributed by atoms with Crippen molar-refractivity contribution in [3.8, 4) is 17.2 Å². The fraction of sp³-hybridized carbons (Fsp3) is 0.435. The van der Waals surface area contributed by atoms with Crippen molar-refractivity contribution in [2.24, 2.45) is 0 Å². The van der Waals surface area contributed by atoms with Crippen LogP contribution < -0.4 is 14.2 Å². The molecule has 0 unspecified atom stereocenters. The first-order valence-corrected chi connectivity index (χ1v) is 10.2. The van der Waals surface area contributed by atoms with Gasteiger partial charge in [0.05, 0.1) is 21.3 Å². The molecule has 0 spiro atoms. The topological polar surface area (TPSA) is 48.0 Å². The van der Waals surface area contributed by atoms with E-state index in [2.05, 4.69) is 0 Å². The number of rotatable bonds is 10. The van der Waals surface area contributed by atoms with Crippen LogP contribution in [0.25, 0.3) is 0 Å². The van der Waals surface area contributed by atoms with Crippen molar-refractivity contribution in [2.45, 2.75) is 37.9 Å². The van der Waals surface area contributed by atoms with E-state index >= 15 is 0 Å². The molecule has 2 aromatic rings. The van der Waals surface area contributed by atoms with Gasteiger partial charge in [-0.05, 0) is 54.3 Å². The first-order chi connectivity index (χ1) is 16.2. The number of carbonyl (C=O) groups excluding carboxylic acids is 1. The Balaban J connectivity index is 2.43. The molecule has 0 aliphatic carbocycles. The number of ether oxygens (including phenoxy) is 3. The molecule has 0 aliphatic rings. The molecule has 0 heterocycles. The molecule has 12 heteroatoms. The van der Waals surface area contributed by atoms with Crippen molar-refractivity contribution < 1.29 is 49.7 Å². The van der Waals surface area contributed by atoms with E-state index < -0.39 is 37.0 Å². The summed E-state index contributed by atoms with van der Waals surface area (Å²) < 4.78 is 109. The Hall–Kier alpha value is -3.18. The van der Waals surface area contributed by atoms with Crippen LogP contribution in [0, 0.1) is 6.92 Å². The van der Waals surface area contributed by atoms with E-state index in [0.29, 0.717) is 28.4 Å². The molecule has 0 N–H and O–H groups in total. The lowest BCUT2D eigenvalue weighted by molar-refractivity contribution is -0.346. The highest BCUT2D eigenvalue weighted by Gasteiger charge is 2.76. The summed E-state index contributed by atoms with van der Waals surface area (Å²) in [6.07, 6.45) is -6.83. The maximum atomic E-state index is 14.3. The summed E-state index contributed by atoms with van der Waals surface area (Å²) in [6, 6.07) is 8.68. The first-order valence-electron chi connectivity index (χ1n) is 10.2. The lowest BCUT2D eigenvalue weighted by Gasteiger charge is -2.32. The molecule has 0 saturated carbocycles. The normalized spacial score (nSPS) is 12.3. The zero-order valence-electron chi connectivity index (χ0n) is 19.3. The Morgan fingerprint density at radius 1 is 0.857 bits per heavy atom. The monoisotopic (exact) mass is 511 g/mol. The third-order valence-electron chi connectivity index (χ3n) is 5.29. The standard InChI is InChI=1S/C23H24F7NO4/c1-14-11-19(35-4)16(12-18(14)34-3)9-10-31(13-15-5-7-17(33-2)8-6-15)20(32)21(24,25)22(26,27)23(28,29)30/h5-8,11-12H,9-10,13H2,1-4H3. The molecule has 5 nitrogen and oxygen atoms in total. The van der Waals surface area contributed by atoms with Crippen LogP contribution in [0.3, 0.4) is 0 Å². The molecule has 2 aromatic carbocycles. The van der Waals surface area contributed by atoms with Crippen molar-refractivity contribution in [3.05, 3.63) is 53.1 Å². The van der Waals surface area contributed by atoms with E-state index in [9.17, 15) is 35.5 Å². The molecule has 35 heavy (non-hydrogen) atoms. The van der Waals surface area contributed by atoms with Gasteiger partial charge in [0.2, 0.25) is 0 Å². The van der Waals surface area contributed by atoms with Crippen LogP contribution in [0.4, 0.5) is 30.7 Å². The minimum absolute atomic E-state index is 0.199. The van der Waals surface area contributed by atoms with Crippen molar-refractivity contribution in [3.63, 3.8) is 0 Å². The van der Waals surface area contributed by atoms with Gasteiger partial charge < -0.3 is 19.1 Å². The molecular weight excluding hydrogens is 487 g/mol. The van der Waals surface area contributed by atoms with Crippen molar-refractivity contribution >= 4 is 5.91 Å². The number of aryl methyl sites for hydroxylation is 1. The maximum absolute atomic E-state index is 14.3. The highest BCUT2D eigenvalue weighted by Crippen LogP contribution is 2.47. The summed E-state index contributed by atoms with van der Waals surface area (Å²) in [5.41, 5.74) is 1.25. The third-order valence-corrected chi connectivity index (χ3v) is 5.29. The molecule has 0 atom stereocenters. The Kier molecular flexibility index (Phi) is 8.51. The molecule has 0 aliphatic heterocycles. The molecule has 0 radical (unpaired) electrons. The predicted molar refractivity (Wildman–Crippen MR) is 112 cm³/mol. The van der Waals surface area contributed by atoms with E-state index in [4.69, 9.17) is 14.2 Å². The van der Waals surface area contributed by atoms with Gasteiger partial charge in [0.15, 0.2) is 0 Å². The molecule has 2 rings (SSSR count). The molecule has 0 bridgehead atoms. The number of nitrogens with zero attached hydrogens (tertiary/aromatic N) is 1. The lowest BCUT2D eigenvalue weighted by atomic mass is 10.0. The number of benzene rings is 2. The predicted octanol–water partition coefficient (Wildman–Crippen LogP) is 5.43. The molecule has 1 amide bonds. The van der Waals surface area contributed by atoms with Gasteiger partial charge in [-0.25, -0.2) is 0 Å². The van der Waals surface area contributed by atoms with Crippen LogP contribution in [0.15, 0.2) is 36.4 Å². The second-order valence-corrected chi connectivity index (χ2v) is 7.61. The second kappa shape index (κ2) is 10.6. The van der Waals surface area contributed by atoms with E-state index in [0.717, 1.165) is 0 Å². The SMILES string of the molecule is COc1ccc(CN(CCc2cc(OC)c(C)cc2OC)C(=O)C(F)(F)C(F)(F)C(F)(F)F)cc1. The number of amides is 1. The largest absolute Gasteiger partial charge is 0.497 e. The van der Waals surface area contributed by atoms with E-state index in [1.165, 1.54) is 51.7 Å². The van der Waals surface area contributed by atoms with Gasteiger partial charge in [-0.3, -0.25) is 4.79 Å². The van der Waals surface area contributed by atoms with Crippen LogP contribution in [0.5, 0.6) is 17.2 Å². The average molecular weight is 511 g/mol. The quantitative estimate of drug-likeness (QED) is 0.400. The van der Waals surface area contributed by atoms with Gasteiger partial charge in [-0.1, -0.05) is 12.1 Å². The summed E-state index contributed by atoms with van der Waals surface area (Å²) >= 11 is 0. The molecule has 0 fully saturated rings. The number of hydrogen-bond donors (Lipinski definition) is 0. The smallest absolute Gasteiger partial charge is 0.460 e. The Morgan fingerprint density at radius 2 is 1.43 bits per heavy atom. The molecule has 0 saturated heterocycles. The van der Waals surface area contributed by atoms with Gasteiger partial charge in [0, 0.05) is 13.1 Å². The van der Waals surface area contributed by atoms with Crippen LogP contribution in [0.1, 0.15) is 16.7 Å². The second-order valence-electron chi connectivity index (χ2n) is 7.61. The summed E-state index contributed by atoms with van der Waals surface area (Å²) in [5.74, 6) is -14.2. The minimum atomic E-state index is -6.63. The Bertz CT molecular complexity index is 1020. The van der Waals surface area contributed by atoms with Gasteiger partial charge in [0.1, 0.15) is 17.2 Å². The van der Waals surface area contributed by atoms with Crippen LogP contribution in [0.2, 0.25) is 0 Å². The highest BCUT2D eigenvalue weighted by atomic mass is 19.4. The number of hydrogen-bond acceptors (Lipinski definition) is 4. The minimum Gasteiger partial charge on any atom is -0.497 e. The Morgan fingerprint density at radius 3 is 1.91 bits per heavy atom. The fourth-order valence-electron chi connectivity index (χ4n) is 3.28. The number of carbonyl (C=O) groups is 1. The maximum Gasteiger partial charge on any atom is 0.460 e. The van der Waals surface area contributed by atoms with Crippen molar-refractivity contribution in [1.82, 2.24) is 4.90 Å². The average Bonchev–Trinajstić information content (AvgIpc) is 2.81. The number of methoxy groups -OCH3 is 3. The molecule has 0 aromatic heterocycles. The van der Waals surface area contributed by atoms with E-state index in [-0.39, 0.29) is 16.9 Å². The lowest BCUT2D eigenvalue weighted by Crippen LogP contribution is -2.60. The van der Waals surface area contributed by atoms with Gasteiger partial charge in [0.25, 0.3) is 5.91 Å². The zero-order valence-corrected chi connectivity index (χ0v) is 19.3. The van der Waals surface area contributed by atoms with Crippen molar-refractivity contribution in [2.75, 3.05) is 27.9 Å². The van der Waals surface area contributed by atoms with Gasteiger partial charge >= 0.3 is 18.0 Å². The third kappa shape index (κ3) is 5.91. The van der Waals surface area contributed by atoms with Gasteiger partial charge in [-0.2, -0.15) is 30.7 Å². The first kappa shape index (κ1) is 28.1. The van der Waals surface area contributed by atoms with E-state index in [1.54, 1.807) is 13.0 Å². The van der Waals surface area contributed by atoms with E-state index in [1.807, 2.05) is 0 Å². The summed E-state index contributed by atoms with van der Waals surface area (Å²) in [6.45, 7) is 0.443. The summed E-state index contributed by atoms with van der Waals surface area (Å²) in [4.78, 5) is 12.7. The summed E-state index contributed by atoms with van der Waals surface area (Å²) in [5, 5.41) is 0. The molecular formula is C23H24F7NO4. The molecule has 194 valence electrons. The van der Waals surface area contributed by atoms with Crippen molar-refractivity contribution in [1.29, 1.82) is 0 Å². The fourth-order valence-corrected chi connectivity index (χ4v) is 3.28. The summed E-state index contributed by atoms with van der Waals surface area (Å²) in [7, 11) is 4.09. The number of alkyl halides is 7. The Labute approximate surface area is 197 Å². The number of halogens is 7. The van der Waals surface area contributed by atoms with Crippen LogP contribution >= 0.6 is 0 Å². The zero-order chi connectivity index (χ0) is 26.6. The van der Waals surface area contributed by atoms with Crippen LogP contribution in [-0.2, 0) is 17.8 Å². The van der Waals surface area contributed by atoms with Gasteiger partial charge in [-0.15, -0.1) is 0 Å². The van der Waals surface area contributed by atoms with Crippen LogP contribution in [-0.4, -0.2) is 56.7 Å².